The van der Waals surface area contributed by atoms with Crippen molar-refractivity contribution in [1.82, 2.24) is 15.3 Å². The second kappa shape index (κ2) is 5.89. The molecule has 0 aliphatic heterocycles. The van der Waals surface area contributed by atoms with Gasteiger partial charge < -0.3 is 5.32 Å². The maximum Gasteiger partial charge on any atom is 0.125 e. The van der Waals surface area contributed by atoms with Crippen LogP contribution >= 0.6 is 11.3 Å². The molecule has 2 aromatic heterocycles. The van der Waals surface area contributed by atoms with Gasteiger partial charge in [0.1, 0.15) is 5.01 Å². The number of hydrogen-bond acceptors (Lipinski definition) is 4. The van der Waals surface area contributed by atoms with Crippen LogP contribution < -0.4 is 5.32 Å². The van der Waals surface area contributed by atoms with Crippen molar-refractivity contribution in [3.63, 3.8) is 0 Å². The van der Waals surface area contributed by atoms with Crippen molar-refractivity contribution in [3.8, 4) is 10.6 Å². The Morgan fingerprint density at radius 2 is 2.12 bits per heavy atom. The SMILES string of the molecule is CCCNCc1cnc(-c2ccc(C)nc2)s1. The monoisotopic (exact) mass is 247 g/mol. The van der Waals surface area contributed by atoms with Gasteiger partial charge in [-0.3, -0.25) is 4.98 Å². The van der Waals surface area contributed by atoms with Gasteiger partial charge in [0.05, 0.1) is 0 Å². The van der Waals surface area contributed by atoms with Crippen LogP contribution in [0.2, 0.25) is 0 Å². The first-order chi connectivity index (χ1) is 8.29. The van der Waals surface area contributed by atoms with E-state index in [0.29, 0.717) is 0 Å². The number of thiazole rings is 1. The van der Waals surface area contributed by atoms with E-state index in [1.165, 1.54) is 4.88 Å². The Morgan fingerprint density at radius 3 is 2.82 bits per heavy atom. The van der Waals surface area contributed by atoms with Crippen LogP contribution in [0.4, 0.5) is 0 Å². The minimum Gasteiger partial charge on any atom is -0.312 e. The highest BCUT2D eigenvalue weighted by Crippen LogP contribution is 2.24. The molecule has 0 unspecified atom stereocenters. The van der Waals surface area contributed by atoms with Crippen LogP contribution in [0.25, 0.3) is 10.6 Å². The van der Waals surface area contributed by atoms with E-state index in [0.717, 1.165) is 35.8 Å². The van der Waals surface area contributed by atoms with Crippen LogP contribution in [0.15, 0.2) is 24.5 Å². The highest BCUT2D eigenvalue weighted by molar-refractivity contribution is 7.15. The number of rotatable bonds is 5. The van der Waals surface area contributed by atoms with Gasteiger partial charge in [0.15, 0.2) is 0 Å². The zero-order valence-electron chi connectivity index (χ0n) is 10.2. The molecular weight excluding hydrogens is 230 g/mol. The summed E-state index contributed by atoms with van der Waals surface area (Å²) in [7, 11) is 0. The molecule has 3 nitrogen and oxygen atoms in total. The lowest BCUT2D eigenvalue weighted by molar-refractivity contribution is 0.681. The zero-order valence-corrected chi connectivity index (χ0v) is 11.0. The van der Waals surface area contributed by atoms with Gasteiger partial charge in [0.2, 0.25) is 0 Å². The molecule has 4 heteroatoms. The quantitative estimate of drug-likeness (QED) is 0.825. The minimum absolute atomic E-state index is 0.908. The molecule has 0 atom stereocenters. The van der Waals surface area contributed by atoms with Crippen molar-refractivity contribution < 1.29 is 0 Å². The molecule has 0 fully saturated rings. The van der Waals surface area contributed by atoms with E-state index >= 15 is 0 Å². The number of hydrogen-bond donors (Lipinski definition) is 1. The van der Waals surface area contributed by atoms with Crippen molar-refractivity contribution in [3.05, 3.63) is 35.1 Å². The van der Waals surface area contributed by atoms with Crippen LogP contribution in [0.3, 0.4) is 0 Å². The smallest absolute Gasteiger partial charge is 0.125 e. The standard InChI is InChI=1S/C13H17N3S/c1-3-6-14-8-12-9-16-13(17-12)11-5-4-10(2)15-7-11/h4-5,7,9,14H,3,6,8H2,1-2H3. The van der Waals surface area contributed by atoms with E-state index in [4.69, 9.17) is 0 Å². The fraction of sp³-hybridized carbons (Fsp3) is 0.385. The molecule has 0 amide bonds. The predicted molar refractivity (Wildman–Crippen MR) is 72.1 cm³/mol. The third-order valence-electron chi connectivity index (χ3n) is 2.44. The van der Waals surface area contributed by atoms with E-state index in [9.17, 15) is 0 Å². The third kappa shape index (κ3) is 3.35. The zero-order chi connectivity index (χ0) is 12.1. The van der Waals surface area contributed by atoms with Crippen LogP contribution in [-0.4, -0.2) is 16.5 Å². The third-order valence-corrected chi connectivity index (χ3v) is 3.48. The number of aryl methyl sites for hydroxylation is 1. The molecule has 17 heavy (non-hydrogen) atoms. The molecular formula is C13H17N3S. The molecule has 2 aromatic rings. The van der Waals surface area contributed by atoms with Crippen molar-refractivity contribution in [2.75, 3.05) is 6.54 Å². The molecule has 0 aliphatic carbocycles. The van der Waals surface area contributed by atoms with Crippen molar-refractivity contribution >= 4 is 11.3 Å². The molecule has 2 rings (SSSR count). The summed E-state index contributed by atoms with van der Waals surface area (Å²) in [6.45, 7) is 6.12. The van der Waals surface area contributed by atoms with Crippen LogP contribution in [0.5, 0.6) is 0 Å². The number of pyridine rings is 1. The Bertz CT molecular complexity index is 462. The summed E-state index contributed by atoms with van der Waals surface area (Å²) in [6, 6.07) is 4.09. The average Bonchev–Trinajstić information content (AvgIpc) is 2.79. The van der Waals surface area contributed by atoms with Crippen molar-refractivity contribution in [2.45, 2.75) is 26.8 Å². The fourth-order valence-corrected chi connectivity index (χ4v) is 2.38. The normalized spacial score (nSPS) is 10.7. The lowest BCUT2D eigenvalue weighted by atomic mass is 10.3. The van der Waals surface area contributed by atoms with E-state index < -0.39 is 0 Å². The van der Waals surface area contributed by atoms with Gasteiger partial charge in [-0.15, -0.1) is 11.3 Å². The maximum absolute atomic E-state index is 4.43. The van der Waals surface area contributed by atoms with Crippen LogP contribution in [0, 0.1) is 6.92 Å². The molecule has 0 aromatic carbocycles. The van der Waals surface area contributed by atoms with Gasteiger partial charge in [0, 0.05) is 35.1 Å². The lowest BCUT2D eigenvalue weighted by Crippen LogP contribution is -2.12. The molecule has 90 valence electrons. The summed E-state index contributed by atoms with van der Waals surface area (Å²) in [5.74, 6) is 0. The fourth-order valence-electron chi connectivity index (χ4n) is 1.51. The summed E-state index contributed by atoms with van der Waals surface area (Å²) < 4.78 is 0. The Kier molecular flexibility index (Phi) is 4.23. The lowest BCUT2D eigenvalue weighted by Gasteiger charge is -1.98. The summed E-state index contributed by atoms with van der Waals surface area (Å²) in [5, 5.41) is 4.43. The van der Waals surface area contributed by atoms with Crippen LogP contribution in [0.1, 0.15) is 23.9 Å². The highest BCUT2D eigenvalue weighted by Gasteiger charge is 2.04. The molecule has 0 bridgehead atoms. The molecule has 2 heterocycles. The minimum atomic E-state index is 0.908. The summed E-state index contributed by atoms with van der Waals surface area (Å²) in [4.78, 5) is 10.00. The topological polar surface area (TPSA) is 37.8 Å². The first-order valence-corrected chi connectivity index (χ1v) is 6.69. The number of aromatic nitrogens is 2. The second-order valence-electron chi connectivity index (χ2n) is 4.00. The average molecular weight is 247 g/mol. The number of nitrogens with one attached hydrogen (secondary N) is 1. The maximum atomic E-state index is 4.43. The first kappa shape index (κ1) is 12.2. The van der Waals surface area contributed by atoms with E-state index in [1.54, 1.807) is 11.3 Å². The van der Waals surface area contributed by atoms with E-state index in [1.807, 2.05) is 25.4 Å². The Balaban J connectivity index is 2.04. The van der Waals surface area contributed by atoms with Gasteiger partial charge in [-0.1, -0.05) is 6.92 Å². The summed E-state index contributed by atoms with van der Waals surface area (Å²) >= 11 is 1.73. The Morgan fingerprint density at radius 1 is 1.24 bits per heavy atom. The van der Waals surface area contributed by atoms with Gasteiger partial charge in [-0.25, -0.2) is 4.98 Å². The molecule has 0 aliphatic rings. The largest absolute Gasteiger partial charge is 0.312 e. The predicted octanol–water partition coefficient (Wildman–Crippen LogP) is 3.01. The Hall–Kier alpha value is -1.26. The Labute approximate surface area is 106 Å². The van der Waals surface area contributed by atoms with Gasteiger partial charge >= 0.3 is 0 Å². The molecule has 0 radical (unpaired) electrons. The van der Waals surface area contributed by atoms with Crippen molar-refractivity contribution in [1.29, 1.82) is 0 Å². The highest BCUT2D eigenvalue weighted by atomic mass is 32.1. The molecule has 1 N–H and O–H groups in total. The number of nitrogens with zero attached hydrogens (tertiary/aromatic N) is 2. The van der Waals surface area contributed by atoms with Gasteiger partial charge in [-0.2, -0.15) is 0 Å². The van der Waals surface area contributed by atoms with Gasteiger partial charge in [0.25, 0.3) is 0 Å². The van der Waals surface area contributed by atoms with E-state index in [2.05, 4.69) is 28.3 Å². The van der Waals surface area contributed by atoms with E-state index in [-0.39, 0.29) is 0 Å². The second-order valence-corrected chi connectivity index (χ2v) is 5.11. The van der Waals surface area contributed by atoms with Crippen molar-refractivity contribution in [2.24, 2.45) is 0 Å². The summed E-state index contributed by atoms with van der Waals surface area (Å²) in [5.41, 5.74) is 2.14. The molecule has 0 spiro atoms. The summed E-state index contributed by atoms with van der Waals surface area (Å²) in [6.07, 6.45) is 4.99. The first-order valence-electron chi connectivity index (χ1n) is 5.88. The molecule has 0 saturated carbocycles. The van der Waals surface area contributed by atoms with Gasteiger partial charge in [-0.05, 0) is 32.0 Å². The van der Waals surface area contributed by atoms with Crippen LogP contribution in [-0.2, 0) is 6.54 Å². The molecule has 0 saturated heterocycles.